The van der Waals surface area contributed by atoms with Gasteiger partial charge in [-0.1, -0.05) is 0 Å². The lowest BCUT2D eigenvalue weighted by atomic mass is 9.98. The fourth-order valence-electron chi connectivity index (χ4n) is 1.89. The van der Waals surface area contributed by atoms with Crippen molar-refractivity contribution in [2.24, 2.45) is 5.92 Å². The van der Waals surface area contributed by atoms with E-state index in [1.807, 2.05) is 0 Å². The minimum atomic E-state index is -0.136. The topological polar surface area (TPSA) is 71.1 Å². The second-order valence-electron chi connectivity index (χ2n) is 3.64. The molecule has 0 aromatic carbocycles. The first kappa shape index (κ1) is 9.95. The average molecular weight is 210 g/mol. The van der Waals surface area contributed by atoms with E-state index in [9.17, 15) is 4.79 Å². The Labute approximate surface area is 87.6 Å². The number of nitrogens with one attached hydrogen (secondary N) is 1. The second-order valence-corrected chi connectivity index (χ2v) is 3.64. The molecule has 1 aliphatic rings. The highest BCUT2D eigenvalue weighted by Crippen LogP contribution is 2.21. The van der Waals surface area contributed by atoms with Gasteiger partial charge in [0.1, 0.15) is 0 Å². The Morgan fingerprint density at radius 3 is 3.27 bits per heavy atom. The van der Waals surface area contributed by atoms with Gasteiger partial charge in [-0.15, -0.1) is 5.10 Å². The van der Waals surface area contributed by atoms with E-state index in [-0.39, 0.29) is 11.9 Å². The van der Waals surface area contributed by atoms with Gasteiger partial charge in [-0.3, -0.25) is 4.79 Å². The lowest BCUT2D eigenvalue weighted by Crippen LogP contribution is -2.39. The SMILES string of the molecule is COC(=O)C1CCCN(c2cn[nH]n2)C1. The molecular weight excluding hydrogens is 196 g/mol. The zero-order valence-electron chi connectivity index (χ0n) is 8.64. The Morgan fingerprint density at radius 1 is 1.73 bits per heavy atom. The predicted molar refractivity (Wildman–Crippen MR) is 53.3 cm³/mol. The van der Waals surface area contributed by atoms with Gasteiger partial charge in [0.2, 0.25) is 0 Å². The summed E-state index contributed by atoms with van der Waals surface area (Å²) in [5.41, 5.74) is 0. The second kappa shape index (κ2) is 4.29. The van der Waals surface area contributed by atoms with Crippen molar-refractivity contribution in [2.45, 2.75) is 12.8 Å². The molecule has 6 nitrogen and oxygen atoms in total. The van der Waals surface area contributed by atoms with Crippen LogP contribution >= 0.6 is 0 Å². The Morgan fingerprint density at radius 2 is 2.60 bits per heavy atom. The molecule has 0 spiro atoms. The Kier molecular flexibility index (Phi) is 2.84. The Bertz CT molecular complexity index is 325. The molecule has 0 saturated carbocycles. The number of aromatic amines is 1. The maximum absolute atomic E-state index is 11.4. The highest BCUT2D eigenvalue weighted by molar-refractivity contribution is 5.73. The molecule has 1 aromatic heterocycles. The largest absolute Gasteiger partial charge is 0.469 e. The highest BCUT2D eigenvalue weighted by atomic mass is 16.5. The summed E-state index contributed by atoms with van der Waals surface area (Å²) in [6, 6.07) is 0. The van der Waals surface area contributed by atoms with E-state index in [1.54, 1.807) is 6.20 Å². The van der Waals surface area contributed by atoms with Crippen LogP contribution in [0.4, 0.5) is 5.82 Å². The van der Waals surface area contributed by atoms with Crippen LogP contribution in [0, 0.1) is 5.92 Å². The van der Waals surface area contributed by atoms with E-state index < -0.39 is 0 Å². The summed E-state index contributed by atoms with van der Waals surface area (Å²) in [6.45, 7) is 1.58. The molecule has 1 fully saturated rings. The molecular formula is C9H14N4O2. The quantitative estimate of drug-likeness (QED) is 0.706. The fourth-order valence-corrected chi connectivity index (χ4v) is 1.89. The number of esters is 1. The molecule has 0 bridgehead atoms. The number of rotatable bonds is 2. The summed E-state index contributed by atoms with van der Waals surface area (Å²) in [6.07, 6.45) is 3.54. The van der Waals surface area contributed by atoms with Crippen LogP contribution in [0.25, 0.3) is 0 Å². The van der Waals surface area contributed by atoms with E-state index in [1.165, 1.54) is 7.11 Å². The molecule has 15 heavy (non-hydrogen) atoms. The average Bonchev–Trinajstić information content (AvgIpc) is 2.82. The first-order chi connectivity index (χ1) is 7.31. The maximum atomic E-state index is 11.4. The normalized spacial score (nSPS) is 21.4. The lowest BCUT2D eigenvalue weighted by Gasteiger charge is -2.30. The number of hydrogen-bond acceptors (Lipinski definition) is 5. The number of nitrogens with zero attached hydrogens (tertiary/aromatic N) is 3. The molecule has 1 aliphatic heterocycles. The van der Waals surface area contributed by atoms with Crippen LogP contribution in [-0.4, -0.2) is 41.6 Å². The summed E-state index contributed by atoms with van der Waals surface area (Å²) in [4.78, 5) is 13.4. The first-order valence-electron chi connectivity index (χ1n) is 5.00. The highest BCUT2D eigenvalue weighted by Gasteiger charge is 2.27. The molecule has 6 heteroatoms. The Balaban J connectivity index is 2.01. The number of H-pyrrole nitrogens is 1. The molecule has 0 aliphatic carbocycles. The number of carbonyl (C=O) groups excluding carboxylic acids is 1. The van der Waals surface area contributed by atoms with Gasteiger partial charge in [-0.2, -0.15) is 10.3 Å². The van der Waals surface area contributed by atoms with Crippen molar-refractivity contribution >= 4 is 11.8 Å². The maximum Gasteiger partial charge on any atom is 0.310 e. The standard InChI is InChI=1S/C9H14N4O2/c1-15-9(14)7-3-2-4-13(6-7)8-5-10-12-11-8/h5,7H,2-4,6H2,1H3,(H,10,11,12). The van der Waals surface area contributed by atoms with E-state index in [0.29, 0.717) is 6.54 Å². The van der Waals surface area contributed by atoms with Crippen LogP contribution < -0.4 is 4.90 Å². The molecule has 1 N–H and O–H groups in total. The van der Waals surface area contributed by atoms with Crippen molar-refractivity contribution in [2.75, 3.05) is 25.1 Å². The molecule has 1 aromatic rings. The lowest BCUT2D eigenvalue weighted by molar-refractivity contribution is -0.145. The molecule has 1 saturated heterocycles. The van der Waals surface area contributed by atoms with Crippen LogP contribution in [0.3, 0.4) is 0 Å². The van der Waals surface area contributed by atoms with Crippen LogP contribution in [-0.2, 0) is 9.53 Å². The van der Waals surface area contributed by atoms with E-state index in [2.05, 4.69) is 20.3 Å². The van der Waals surface area contributed by atoms with Crippen LogP contribution in [0.1, 0.15) is 12.8 Å². The molecule has 1 atom stereocenters. The monoisotopic (exact) mass is 210 g/mol. The van der Waals surface area contributed by atoms with Gasteiger partial charge in [0.05, 0.1) is 19.2 Å². The van der Waals surface area contributed by atoms with Crippen LogP contribution in [0.15, 0.2) is 6.20 Å². The number of carbonyl (C=O) groups is 1. The minimum absolute atomic E-state index is 0.0413. The molecule has 2 heterocycles. The van der Waals surface area contributed by atoms with Crippen molar-refractivity contribution in [1.82, 2.24) is 15.4 Å². The van der Waals surface area contributed by atoms with Gasteiger partial charge < -0.3 is 9.64 Å². The molecule has 1 unspecified atom stereocenters. The number of piperidine rings is 1. The fraction of sp³-hybridized carbons (Fsp3) is 0.667. The summed E-state index contributed by atoms with van der Waals surface area (Å²) in [7, 11) is 1.43. The van der Waals surface area contributed by atoms with Gasteiger partial charge in [0.15, 0.2) is 5.82 Å². The number of hydrogen-bond donors (Lipinski definition) is 1. The third-order valence-electron chi connectivity index (χ3n) is 2.68. The summed E-state index contributed by atoms with van der Waals surface area (Å²) in [5.74, 6) is 0.618. The number of anilines is 1. The molecule has 2 rings (SSSR count). The van der Waals surface area contributed by atoms with E-state index >= 15 is 0 Å². The van der Waals surface area contributed by atoms with Crippen molar-refractivity contribution in [3.05, 3.63) is 6.20 Å². The number of methoxy groups -OCH3 is 1. The van der Waals surface area contributed by atoms with Crippen molar-refractivity contribution in [1.29, 1.82) is 0 Å². The minimum Gasteiger partial charge on any atom is -0.469 e. The Hall–Kier alpha value is -1.59. The van der Waals surface area contributed by atoms with Crippen molar-refractivity contribution in [3.8, 4) is 0 Å². The zero-order valence-corrected chi connectivity index (χ0v) is 8.64. The molecule has 0 amide bonds. The molecule has 82 valence electrons. The van der Waals surface area contributed by atoms with Gasteiger partial charge in [0.25, 0.3) is 0 Å². The van der Waals surface area contributed by atoms with E-state index in [0.717, 1.165) is 25.2 Å². The van der Waals surface area contributed by atoms with E-state index in [4.69, 9.17) is 4.74 Å². The first-order valence-corrected chi connectivity index (χ1v) is 5.00. The third-order valence-corrected chi connectivity index (χ3v) is 2.68. The summed E-state index contributed by atoms with van der Waals surface area (Å²) in [5, 5.41) is 10.3. The van der Waals surface area contributed by atoms with Crippen LogP contribution in [0.2, 0.25) is 0 Å². The van der Waals surface area contributed by atoms with Crippen LogP contribution in [0.5, 0.6) is 0 Å². The van der Waals surface area contributed by atoms with Gasteiger partial charge >= 0.3 is 5.97 Å². The summed E-state index contributed by atoms with van der Waals surface area (Å²) < 4.78 is 4.75. The van der Waals surface area contributed by atoms with Gasteiger partial charge in [-0.05, 0) is 12.8 Å². The van der Waals surface area contributed by atoms with Gasteiger partial charge in [0, 0.05) is 13.1 Å². The number of aromatic nitrogens is 3. The third kappa shape index (κ3) is 2.08. The van der Waals surface area contributed by atoms with Gasteiger partial charge in [-0.25, -0.2) is 0 Å². The van der Waals surface area contributed by atoms with Crippen molar-refractivity contribution in [3.63, 3.8) is 0 Å². The predicted octanol–water partition coefficient (Wildman–Crippen LogP) is 0.194. The van der Waals surface area contributed by atoms with Crippen molar-refractivity contribution < 1.29 is 9.53 Å². The number of ether oxygens (including phenoxy) is 1. The zero-order chi connectivity index (χ0) is 10.7. The molecule has 0 radical (unpaired) electrons. The summed E-state index contributed by atoms with van der Waals surface area (Å²) >= 11 is 0. The smallest absolute Gasteiger partial charge is 0.310 e.